The van der Waals surface area contributed by atoms with Crippen molar-refractivity contribution in [2.45, 2.75) is 0 Å². The molecule has 0 aliphatic heterocycles. The molecule has 62 valence electrons. The van der Waals surface area contributed by atoms with Gasteiger partial charge in [-0.3, -0.25) is 5.10 Å². The number of benzene rings is 1. The number of hydrogen-bond donors (Lipinski definition) is 1. The van der Waals surface area contributed by atoms with Gasteiger partial charge in [0.05, 0.1) is 16.2 Å². The van der Waals surface area contributed by atoms with Gasteiger partial charge in [-0.2, -0.15) is 5.10 Å². The fourth-order valence-electron chi connectivity index (χ4n) is 0.994. The van der Waals surface area contributed by atoms with E-state index in [9.17, 15) is 8.78 Å². The maximum Gasteiger partial charge on any atom is 0.173 e. The summed E-state index contributed by atoms with van der Waals surface area (Å²) in [6, 6.07) is 1.07. The Hall–Kier alpha value is -0.970. The van der Waals surface area contributed by atoms with E-state index in [0.717, 1.165) is 6.07 Å². The van der Waals surface area contributed by atoms with Crippen LogP contribution in [0.15, 0.2) is 16.7 Å². The molecule has 1 aromatic carbocycles. The van der Waals surface area contributed by atoms with Crippen molar-refractivity contribution in [3.63, 3.8) is 0 Å². The molecular weight excluding hydrogens is 230 g/mol. The summed E-state index contributed by atoms with van der Waals surface area (Å²) in [6.07, 6.45) is 1.43. The smallest absolute Gasteiger partial charge is 0.173 e. The average Bonchev–Trinajstić information content (AvgIpc) is 2.48. The third kappa shape index (κ3) is 0.929. The molecule has 2 nitrogen and oxygen atoms in total. The van der Waals surface area contributed by atoms with Crippen molar-refractivity contribution in [1.29, 1.82) is 0 Å². The molecule has 1 heterocycles. The van der Waals surface area contributed by atoms with Gasteiger partial charge in [-0.25, -0.2) is 8.78 Å². The van der Waals surface area contributed by atoms with Gasteiger partial charge in [-0.15, -0.1) is 0 Å². The first-order valence-electron chi connectivity index (χ1n) is 3.16. The van der Waals surface area contributed by atoms with Gasteiger partial charge >= 0.3 is 0 Å². The minimum absolute atomic E-state index is 0.103. The Morgan fingerprint density at radius 2 is 2.17 bits per heavy atom. The molecule has 0 saturated heterocycles. The summed E-state index contributed by atoms with van der Waals surface area (Å²) in [6.45, 7) is 0. The average molecular weight is 233 g/mol. The molecule has 12 heavy (non-hydrogen) atoms. The summed E-state index contributed by atoms with van der Waals surface area (Å²) >= 11 is 2.94. The number of nitrogens with one attached hydrogen (secondary N) is 1. The van der Waals surface area contributed by atoms with E-state index in [-0.39, 0.29) is 4.47 Å². The Morgan fingerprint density at radius 1 is 1.42 bits per heavy atom. The largest absolute Gasteiger partial charge is 0.278 e. The molecule has 0 bridgehead atoms. The number of rotatable bonds is 0. The van der Waals surface area contributed by atoms with Gasteiger partial charge in [-0.05, 0) is 15.9 Å². The van der Waals surface area contributed by atoms with Crippen LogP contribution in [0, 0.1) is 11.6 Å². The van der Waals surface area contributed by atoms with Crippen molar-refractivity contribution in [1.82, 2.24) is 10.2 Å². The first kappa shape index (κ1) is 7.67. The van der Waals surface area contributed by atoms with Crippen LogP contribution < -0.4 is 0 Å². The fourth-order valence-corrected chi connectivity index (χ4v) is 1.50. The van der Waals surface area contributed by atoms with E-state index in [2.05, 4.69) is 26.1 Å². The Labute approximate surface area is 74.7 Å². The summed E-state index contributed by atoms with van der Waals surface area (Å²) in [5, 5.41) is 6.73. The number of aromatic amines is 1. The highest BCUT2D eigenvalue weighted by Crippen LogP contribution is 2.27. The van der Waals surface area contributed by atoms with Crippen molar-refractivity contribution in [2.24, 2.45) is 0 Å². The second-order valence-electron chi connectivity index (χ2n) is 2.32. The summed E-state index contributed by atoms with van der Waals surface area (Å²) in [5.41, 5.74) is 0.473. The van der Waals surface area contributed by atoms with Crippen LogP contribution in [0.25, 0.3) is 10.9 Å². The molecule has 0 aliphatic carbocycles. The van der Waals surface area contributed by atoms with Gasteiger partial charge < -0.3 is 0 Å². The van der Waals surface area contributed by atoms with E-state index < -0.39 is 11.6 Å². The van der Waals surface area contributed by atoms with E-state index in [1.54, 1.807) is 0 Å². The van der Waals surface area contributed by atoms with Gasteiger partial charge in [0.15, 0.2) is 11.6 Å². The number of hydrogen-bond acceptors (Lipinski definition) is 1. The molecule has 0 fully saturated rings. The molecule has 0 atom stereocenters. The van der Waals surface area contributed by atoms with Crippen LogP contribution in [-0.2, 0) is 0 Å². The maximum absolute atomic E-state index is 12.9. The summed E-state index contributed by atoms with van der Waals surface area (Å²) in [7, 11) is 0. The van der Waals surface area contributed by atoms with Crippen LogP contribution in [0.2, 0.25) is 0 Å². The van der Waals surface area contributed by atoms with Crippen molar-refractivity contribution >= 4 is 26.8 Å². The quantitative estimate of drug-likeness (QED) is 0.696. The molecule has 1 N–H and O–H groups in total. The first-order valence-corrected chi connectivity index (χ1v) is 3.96. The SMILES string of the molecule is Fc1cc2[nH]ncc2c(Br)c1F. The molecule has 0 saturated carbocycles. The molecule has 1 aromatic heterocycles. The van der Waals surface area contributed by atoms with E-state index in [1.807, 2.05) is 0 Å². The maximum atomic E-state index is 12.9. The molecule has 2 rings (SSSR count). The highest BCUT2D eigenvalue weighted by molar-refractivity contribution is 9.10. The van der Waals surface area contributed by atoms with E-state index in [0.29, 0.717) is 10.9 Å². The third-order valence-electron chi connectivity index (χ3n) is 1.58. The van der Waals surface area contributed by atoms with Crippen LogP contribution in [0.3, 0.4) is 0 Å². The second-order valence-corrected chi connectivity index (χ2v) is 3.11. The molecule has 0 radical (unpaired) electrons. The van der Waals surface area contributed by atoms with Crippen molar-refractivity contribution in [2.75, 3.05) is 0 Å². The van der Waals surface area contributed by atoms with E-state index >= 15 is 0 Å². The predicted molar refractivity (Wildman–Crippen MR) is 43.7 cm³/mol. The predicted octanol–water partition coefficient (Wildman–Crippen LogP) is 2.60. The lowest BCUT2D eigenvalue weighted by molar-refractivity contribution is 0.506. The number of H-pyrrole nitrogens is 1. The molecule has 0 amide bonds. The Morgan fingerprint density at radius 3 is 2.92 bits per heavy atom. The van der Waals surface area contributed by atoms with Crippen LogP contribution in [0.1, 0.15) is 0 Å². The zero-order valence-electron chi connectivity index (χ0n) is 5.74. The van der Waals surface area contributed by atoms with Crippen molar-refractivity contribution in [3.05, 3.63) is 28.4 Å². The zero-order chi connectivity index (χ0) is 8.72. The van der Waals surface area contributed by atoms with E-state index in [1.165, 1.54) is 6.20 Å². The zero-order valence-corrected chi connectivity index (χ0v) is 7.32. The summed E-state index contributed by atoms with van der Waals surface area (Å²) in [4.78, 5) is 0. The van der Waals surface area contributed by atoms with Crippen LogP contribution >= 0.6 is 15.9 Å². The molecule has 0 spiro atoms. The summed E-state index contributed by atoms with van der Waals surface area (Å²) < 4.78 is 25.7. The number of fused-ring (bicyclic) bond motifs is 1. The van der Waals surface area contributed by atoms with Gasteiger partial charge in [0.1, 0.15) is 0 Å². The standard InChI is InChI=1S/C7H3BrF2N2/c8-6-3-2-11-12-5(3)1-4(9)7(6)10/h1-2H,(H,11,12). The molecule has 0 aliphatic rings. The van der Waals surface area contributed by atoms with Gasteiger partial charge in [-0.1, -0.05) is 0 Å². The number of nitrogens with zero attached hydrogens (tertiary/aromatic N) is 1. The Kier molecular flexibility index (Phi) is 1.61. The van der Waals surface area contributed by atoms with Crippen molar-refractivity contribution < 1.29 is 8.78 Å². The Balaban J connectivity index is 2.94. The van der Waals surface area contributed by atoms with Gasteiger partial charge in [0, 0.05) is 11.5 Å². The first-order chi connectivity index (χ1) is 5.70. The summed E-state index contributed by atoms with van der Waals surface area (Å²) in [5.74, 6) is -1.78. The lowest BCUT2D eigenvalue weighted by atomic mass is 10.2. The minimum Gasteiger partial charge on any atom is -0.278 e. The molecular formula is C7H3BrF2N2. The van der Waals surface area contributed by atoms with Gasteiger partial charge in [0.2, 0.25) is 0 Å². The third-order valence-corrected chi connectivity index (χ3v) is 2.35. The highest BCUT2D eigenvalue weighted by atomic mass is 79.9. The van der Waals surface area contributed by atoms with Crippen molar-refractivity contribution in [3.8, 4) is 0 Å². The molecule has 2 aromatic rings. The lowest BCUT2D eigenvalue weighted by Gasteiger charge is -1.96. The minimum atomic E-state index is -0.890. The second kappa shape index (κ2) is 2.52. The van der Waals surface area contributed by atoms with E-state index in [4.69, 9.17) is 0 Å². The molecule has 5 heteroatoms. The van der Waals surface area contributed by atoms with Crippen LogP contribution in [0.4, 0.5) is 8.78 Å². The Bertz CT molecular complexity index is 438. The van der Waals surface area contributed by atoms with Crippen LogP contribution in [-0.4, -0.2) is 10.2 Å². The molecule has 0 unspecified atom stereocenters. The monoisotopic (exact) mass is 232 g/mol. The lowest BCUT2D eigenvalue weighted by Crippen LogP contribution is -1.85. The fraction of sp³-hybridized carbons (Fsp3) is 0. The number of halogens is 3. The van der Waals surface area contributed by atoms with Gasteiger partial charge in [0.25, 0.3) is 0 Å². The normalized spacial score (nSPS) is 10.9. The topological polar surface area (TPSA) is 28.7 Å². The highest BCUT2D eigenvalue weighted by Gasteiger charge is 2.11. The number of aromatic nitrogens is 2. The van der Waals surface area contributed by atoms with Crippen LogP contribution in [0.5, 0.6) is 0 Å².